The number of ether oxygens (including phenoxy) is 1. The maximum atomic E-state index is 5.75. The van der Waals surface area contributed by atoms with Crippen molar-refractivity contribution >= 4 is 17.2 Å². The lowest BCUT2D eigenvalue weighted by atomic mass is 10.1. The zero-order chi connectivity index (χ0) is 14.4. The third-order valence-corrected chi connectivity index (χ3v) is 3.15. The van der Waals surface area contributed by atoms with Crippen molar-refractivity contribution in [3.63, 3.8) is 0 Å². The summed E-state index contributed by atoms with van der Waals surface area (Å²) < 4.78 is 5.75. The third-order valence-electron chi connectivity index (χ3n) is 2.94. The molecule has 104 valence electrons. The van der Waals surface area contributed by atoms with Crippen molar-refractivity contribution in [1.29, 1.82) is 0 Å². The number of nitrogens with zero attached hydrogens (tertiary/aromatic N) is 1. The highest BCUT2D eigenvalue weighted by Crippen LogP contribution is 2.15. The summed E-state index contributed by atoms with van der Waals surface area (Å²) in [6.07, 6.45) is 3.94. The van der Waals surface area contributed by atoms with E-state index in [4.69, 9.17) is 22.7 Å². The summed E-state index contributed by atoms with van der Waals surface area (Å²) >= 11 is 4.91. The molecule has 2 N–H and O–H groups in total. The first-order valence-corrected chi connectivity index (χ1v) is 7.06. The van der Waals surface area contributed by atoms with Crippen molar-refractivity contribution in [2.24, 2.45) is 5.73 Å². The average Bonchev–Trinajstić information content (AvgIpc) is 2.47. The number of nitrogens with two attached hydrogens (primary N) is 1. The molecule has 0 amide bonds. The Kier molecular flexibility index (Phi) is 5.07. The first-order chi connectivity index (χ1) is 9.69. The van der Waals surface area contributed by atoms with Gasteiger partial charge in [-0.15, -0.1) is 0 Å². The Hall–Kier alpha value is -1.94. The normalized spacial score (nSPS) is 10.2. The molecule has 0 saturated carbocycles. The molecule has 0 bridgehead atoms. The first-order valence-electron chi connectivity index (χ1n) is 6.65. The van der Waals surface area contributed by atoms with Crippen LogP contribution in [0.15, 0.2) is 42.6 Å². The van der Waals surface area contributed by atoms with Crippen LogP contribution in [0, 0.1) is 0 Å². The molecule has 2 aromatic rings. The van der Waals surface area contributed by atoms with E-state index < -0.39 is 0 Å². The molecule has 1 heterocycles. The lowest BCUT2D eigenvalue weighted by molar-refractivity contribution is 0.306. The second-order valence-electron chi connectivity index (χ2n) is 4.60. The molecule has 0 aliphatic carbocycles. The summed E-state index contributed by atoms with van der Waals surface area (Å²) in [5, 5.41) is 0. The largest absolute Gasteiger partial charge is 0.489 e. The fourth-order valence-corrected chi connectivity index (χ4v) is 2.02. The Labute approximate surface area is 124 Å². The van der Waals surface area contributed by atoms with E-state index in [9.17, 15) is 0 Å². The van der Waals surface area contributed by atoms with Gasteiger partial charge in [-0.3, -0.25) is 4.98 Å². The number of aromatic nitrogens is 1. The van der Waals surface area contributed by atoms with E-state index in [1.54, 1.807) is 6.20 Å². The van der Waals surface area contributed by atoms with Crippen LogP contribution in [0.5, 0.6) is 5.75 Å². The monoisotopic (exact) mass is 286 g/mol. The highest BCUT2D eigenvalue weighted by atomic mass is 32.1. The van der Waals surface area contributed by atoms with E-state index >= 15 is 0 Å². The number of hydrogen-bond acceptors (Lipinski definition) is 3. The Morgan fingerprint density at radius 3 is 2.60 bits per heavy atom. The summed E-state index contributed by atoms with van der Waals surface area (Å²) in [7, 11) is 0. The fraction of sp³-hybridized carbons (Fsp3) is 0.250. The highest BCUT2D eigenvalue weighted by Gasteiger charge is 2.01. The molecular weight excluding hydrogens is 268 g/mol. The minimum absolute atomic E-state index is 0.302. The Bertz CT molecular complexity index is 581. The van der Waals surface area contributed by atoms with Crippen LogP contribution in [-0.2, 0) is 13.0 Å². The van der Waals surface area contributed by atoms with Crippen LogP contribution in [-0.4, -0.2) is 9.97 Å². The standard InChI is InChI=1S/C16H18N2OS/c1-2-3-12-4-6-14(7-5-12)19-11-13-8-9-18-15(10-13)16(17)20/h4-10H,2-3,11H2,1H3,(H2,17,20). The van der Waals surface area contributed by atoms with Crippen LogP contribution in [0.4, 0.5) is 0 Å². The van der Waals surface area contributed by atoms with Crippen molar-refractivity contribution < 1.29 is 4.74 Å². The minimum Gasteiger partial charge on any atom is -0.489 e. The second-order valence-corrected chi connectivity index (χ2v) is 5.04. The van der Waals surface area contributed by atoms with Crippen molar-refractivity contribution in [3.05, 3.63) is 59.4 Å². The molecule has 3 nitrogen and oxygen atoms in total. The second kappa shape index (κ2) is 7.01. The smallest absolute Gasteiger partial charge is 0.122 e. The third kappa shape index (κ3) is 4.03. The van der Waals surface area contributed by atoms with Crippen LogP contribution < -0.4 is 10.5 Å². The molecule has 0 spiro atoms. The molecule has 0 radical (unpaired) electrons. The predicted molar refractivity (Wildman–Crippen MR) is 84.9 cm³/mol. The molecule has 0 saturated heterocycles. The maximum absolute atomic E-state index is 5.75. The molecule has 20 heavy (non-hydrogen) atoms. The minimum atomic E-state index is 0.302. The molecule has 4 heteroatoms. The summed E-state index contributed by atoms with van der Waals surface area (Å²) in [6.45, 7) is 2.65. The quantitative estimate of drug-likeness (QED) is 0.828. The summed E-state index contributed by atoms with van der Waals surface area (Å²) in [6, 6.07) is 12.0. The molecule has 2 rings (SSSR count). The molecule has 0 fully saturated rings. The van der Waals surface area contributed by atoms with E-state index in [2.05, 4.69) is 24.0 Å². The number of aryl methyl sites for hydroxylation is 1. The van der Waals surface area contributed by atoms with E-state index in [0.717, 1.165) is 24.2 Å². The number of benzene rings is 1. The van der Waals surface area contributed by atoms with Gasteiger partial charge < -0.3 is 10.5 Å². The summed E-state index contributed by atoms with van der Waals surface area (Å²) in [4.78, 5) is 4.41. The average molecular weight is 286 g/mol. The number of hydrogen-bond donors (Lipinski definition) is 1. The zero-order valence-electron chi connectivity index (χ0n) is 11.5. The van der Waals surface area contributed by atoms with Gasteiger partial charge in [-0.05, 0) is 41.8 Å². The van der Waals surface area contributed by atoms with Crippen molar-refractivity contribution in [1.82, 2.24) is 4.98 Å². The SMILES string of the molecule is CCCc1ccc(OCc2ccnc(C(N)=S)c2)cc1. The van der Waals surface area contributed by atoms with Crippen molar-refractivity contribution in [3.8, 4) is 5.75 Å². The van der Waals surface area contributed by atoms with Gasteiger partial charge in [0, 0.05) is 6.20 Å². The molecule has 1 aromatic carbocycles. The molecular formula is C16H18N2OS. The fourth-order valence-electron chi connectivity index (χ4n) is 1.91. The van der Waals surface area contributed by atoms with Gasteiger partial charge in [0.2, 0.25) is 0 Å². The van der Waals surface area contributed by atoms with Crippen molar-refractivity contribution in [2.45, 2.75) is 26.4 Å². The first kappa shape index (κ1) is 14.5. The number of rotatable bonds is 6. The van der Waals surface area contributed by atoms with Gasteiger partial charge >= 0.3 is 0 Å². The van der Waals surface area contributed by atoms with E-state index in [0.29, 0.717) is 17.3 Å². The van der Waals surface area contributed by atoms with Gasteiger partial charge in [-0.1, -0.05) is 37.7 Å². The number of pyridine rings is 1. The summed E-state index contributed by atoms with van der Waals surface area (Å²) in [5.74, 6) is 0.860. The Morgan fingerprint density at radius 2 is 1.95 bits per heavy atom. The molecule has 0 unspecified atom stereocenters. The van der Waals surface area contributed by atoms with Gasteiger partial charge in [0.1, 0.15) is 17.3 Å². The van der Waals surface area contributed by atoms with E-state index in [1.165, 1.54) is 5.56 Å². The van der Waals surface area contributed by atoms with Gasteiger partial charge in [0.05, 0.1) is 5.69 Å². The maximum Gasteiger partial charge on any atom is 0.122 e. The molecule has 0 atom stereocenters. The van der Waals surface area contributed by atoms with Crippen LogP contribution in [0.2, 0.25) is 0 Å². The number of thiocarbonyl (C=S) groups is 1. The van der Waals surface area contributed by atoms with Gasteiger partial charge in [0.25, 0.3) is 0 Å². The molecule has 0 aliphatic heterocycles. The Morgan fingerprint density at radius 1 is 1.20 bits per heavy atom. The zero-order valence-corrected chi connectivity index (χ0v) is 12.3. The molecule has 1 aromatic heterocycles. The van der Waals surface area contributed by atoms with Gasteiger partial charge in [-0.2, -0.15) is 0 Å². The predicted octanol–water partition coefficient (Wildman–Crippen LogP) is 3.25. The van der Waals surface area contributed by atoms with Crippen LogP contribution >= 0.6 is 12.2 Å². The topological polar surface area (TPSA) is 48.1 Å². The van der Waals surface area contributed by atoms with Crippen LogP contribution in [0.25, 0.3) is 0 Å². The Balaban J connectivity index is 1.97. The van der Waals surface area contributed by atoms with Gasteiger partial charge in [-0.25, -0.2) is 0 Å². The van der Waals surface area contributed by atoms with Crippen LogP contribution in [0.3, 0.4) is 0 Å². The van der Waals surface area contributed by atoms with Gasteiger partial charge in [0.15, 0.2) is 0 Å². The molecule has 0 aliphatic rings. The van der Waals surface area contributed by atoms with E-state index in [-0.39, 0.29) is 0 Å². The lowest BCUT2D eigenvalue weighted by Crippen LogP contribution is -2.12. The van der Waals surface area contributed by atoms with E-state index in [1.807, 2.05) is 24.3 Å². The van der Waals surface area contributed by atoms with Crippen LogP contribution in [0.1, 0.15) is 30.2 Å². The lowest BCUT2D eigenvalue weighted by Gasteiger charge is -2.08. The highest BCUT2D eigenvalue weighted by molar-refractivity contribution is 7.80. The summed E-state index contributed by atoms with van der Waals surface area (Å²) in [5.41, 5.74) is 8.52. The van der Waals surface area contributed by atoms with Crippen molar-refractivity contribution in [2.75, 3.05) is 0 Å².